The maximum Gasteiger partial charge on any atom is 0.323 e. The summed E-state index contributed by atoms with van der Waals surface area (Å²) < 4.78 is 5.80. The summed E-state index contributed by atoms with van der Waals surface area (Å²) in [6, 6.07) is 7.26. The van der Waals surface area contributed by atoms with Crippen LogP contribution < -0.4 is 10.1 Å². The Morgan fingerprint density at radius 2 is 1.95 bits per heavy atom. The van der Waals surface area contributed by atoms with Crippen LogP contribution in [0.4, 0.5) is 0 Å². The first-order valence-electron chi connectivity index (χ1n) is 7.15. The summed E-state index contributed by atoms with van der Waals surface area (Å²) in [7, 11) is 0. The lowest BCUT2D eigenvalue weighted by molar-refractivity contribution is -0.145. The van der Waals surface area contributed by atoms with Crippen molar-refractivity contribution < 1.29 is 19.7 Å². The monoisotopic (exact) mass is 295 g/mol. The van der Waals surface area contributed by atoms with Gasteiger partial charge in [-0.2, -0.15) is 0 Å². The van der Waals surface area contributed by atoms with Crippen LogP contribution in [0.15, 0.2) is 24.3 Å². The zero-order valence-electron chi connectivity index (χ0n) is 13.1. The number of carbonyl (C=O) groups is 1. The highest BCUT2D eigenvalue weighted by atomic mass is 16.5. The van der Waals surface area contributed by atoms with Crippen LogP contribution in [0.25, 0.3) is 0 Å². The summed E-state index contributed by atoms with van der Waals surface area (Å²) in [5.74, 6) is -0.313. The van der Waals surface area contributed by atoms with Gasteiger partial charge in [-0.05, 0) is 33.8 Å². The number of para-hydroxylation sites is 1. The number of carboxylic acids is 1. The molecule has 0 aliphatic carbocycles. The van der Waals surface area contributed by atoms with Crippen LogP contribution in [-0.4, -0.2) is 33.9 Å². The highest BCUT2D eigenvalue weighted by molar-refractivity contribution is 5.78. The number of benzene rings is 1. The van der Waals surface area contributed by atoms with Gasteiger partial charge in [0.1, 0.15) is 11.3 Å². The van der Waals surface area contributed by atoms with Crippen molar-refractivity contribution in [1.82, 2.24) is 5.32 Å². The Kier molecular flexibility index (Phi) is 6.18. The molecule has 118 valence electrons. The molecule has 0 heterocycles. The lowest BCUT2D eigenvalue weighted by Crippen LogP contribution is -2.54. The molecular weight excluding hydrogens is 270 g/mol. The average molecular weight is 295 g/mol. The lowest BCUT2D eigenvalue weighted by atomic mass is 9.94. The van der Waals surface area contributed by atoms with E-state index in [4.69, 9.17) is 4.74 Å². The molecule has 3 N–H and O–H groups in total. The fraction of sp³-hybridized carbons (Fsp3) is 0.562. The van der Waals surface area contributed by atoms with Crippen LogP contribution in [0.3, 0.4) is 0 Å². The van der Waals surface area contributed by atoms with E-state index in [2.05, 4.69) is 5.32 Å². The Morgan fingerprint density at radius 3 is 2.48 bits per heavy atom. The minimum absolute atomic E-state index is 0.0584. The normalized spacial score (nSPS) is 15.5. The van der Waals surface area contributed by atoms with Gasteiger partial charge in [-0.15, -0.1) is 0 Å². The smallest absolute Gasteiger partial charge is 0.323 e. The molecule has 0 spiro atoms. The first-order chi connectivity index (χ1) is 9.78. The van der Waals surface area contributed by atoms with Gasteiger partial charge in [-0.1, -0.05) is 18.2 Å². The second-order valence-corrected chi connectivity index (χ2v) is 5.83. The third-order valence-corrected chi connectivity index (χ3v) is 3.25. The van der Waals surface area contributed by atoms with Crippen molar-refractivity contribution in [3.05, 3.63) is 29.8 Å². The van der Waals surface area contributed by atoms with E-state index in [0.717, 1.165) is 0 Å². The van der Waals surface area contributed by atoms with Crippen molar-refractivity contribution in [1.29, 1.82) is 0 Å². The van der Waals surface area contributed by atoms with Crippen LogP contribution in [0.2, 0.25) is 0 Å². The van der Waals surface area contributed by atoms with Crippen LogP contribution in [-0.2, 0) is 11.4 Å². The highest BCUT2D eigenvalue weighted by Crippen LogP contribution is 2.23. The number of nitrogens with one attached hydrogen (secondary N) is 1. The summed E-state index contributed by atoms with van der Waals surface area (Å²) in [4.78, 5) is 11.5. The van der Waals surface area contributed by atoms with E-state index in [-0.39, 0.29) is 18.8 Å². The molecule has 2 atom stereocenters. The van der Waals surface area contributed by atoms with Crippen molar-refractivity contribution in [2.24, 2.45) is 0 Å². The molecule has 0 aliphatic heterocycles. The van der Waals surface area contributed by atoms with E-state index in [0.29, 0.717) is 17.7 Å². The summed E-state index contributed by atoms with van der Waals surface area (Å²) >= 11 is 0. The number of carboxylic acid groups (broad SMARTS) is 1. The van der Waals surface area contributed by atoms with Gasteiger partial charge in [0, 0.05) is 18.0 Å². The third kappa shape index (κ3) is 5.02. The molecule has 1 aromatic carbocycles. The SMILES string of the molecule is CC(C)NC(C)(CC(C)Oc1ccccc1CO)C(=O)O. The van der Waals surface area contributed by atoms with Gasteiger partial charge in [-0.3, -0.25) is 10.1 Å². The summed E-state index contributed by atoms with van der Waals surface area (Å²) in [5.41, 5.74) is -0.361. The Morgan fingerprint density at radius 1 is 1.33 bits per heavy atom. The molecule has 2 unspecified atom stereocenters. The average Bonchev–Trinajstić information content (AvgIpc) is 2.37. The minimum Gasteiger partial charge on any atom is -0.490 e. The third-order valence-electron chi connectivity index (χ3n) is 3.25. The second kappa shape index (κ2) is 7.43. The number of aliphatic carboxylic acids is 1. The molecule has 1 aromatic rings. The fourth-order valence-electron chi connectivity index (χ4n) is 2.43. The number of ether oxygens (including phenoxy) is 1. The van der Waals surface area contributed by atoms with Gasteiger partial charge in [0.2, 0.25) is 0 Å². The number of hydrogen-bond donors (Lipinski definition) is 3. The summed E-state index contributed by atoms with van der Waals surface area (Å²) in [6.45, 7) is 7.20. The number of hydrogen-bond acceptors (Lipinski definition) is 4. The van der Waals surface area contributed by atoms with E-state index in [9.17, 15) is 15.0 Å². The largest absolute Gasteiger partial charge is 0.490 e. The minimum atomic E-state index is -1.05. The van der Waals surface area contributed by atoms with Crippen LogP contribution in [0.5, 0.6) is 5.75 Å². The number of rotatable bonds is 8. The predicted molar refractivity (Wildman–Crippen MR) is 81.4 cm³/mol. The van der Waals surface area contributed by atoms with Crippen LogP contribution >= 0.6 is 0 Å². The van der Waals surface area contributed by atoms with Gasteiger partial charge in [0.05, 0.1) is 12.7 Å². The molecule has 0 aliphatic rings. The molecule has 21 heavy (non-hydrogen) atoms. The van der Waals surface area contributed by atoms with E-state index in [1.54, 1.807) is 19.1 Å². The van der Waals surface area contributed by atoms with E-state index >= 15 is 0 Å². The quantitative estimate of drug-likeness (QED) is 0.685. The topological polar surface area (TPSA) is 78.8 Å². The Hall–Kier alpha value is -1.59. The predicted octanol–water partition coefficient (Wildman–Crippen LogP) is 2.18. The van der Waals surface area contributed by atoms with E-state index < -0.39 is 11.5 Å². The summed E-state index contributed by atoms with van der Waals surface area (Å²) in [6.07, 6.45) is 0.0188. The molecule has 0 bridgehead atoms. The van der Waals surface area contributed by atoms with Crippen molar-refractivity contribution in [2.75, 3.05) is 0 Å². The van der Waals surface area contributed by atoms with E-state index in [1.807, 2.05) is 32.9 Å². The molecule has 5 heteroatoms. The Balaban J connectivity index is 2.79. The first-order valence-corrected chi connectivity index (χ1v) is 7.15. The fourth-order valence-corrected chi connectivity index (χ4v) is 2.43. The van der Waals surface area contributed by atoms with Gasteiger partial charge >= 0.3 is 5.97 Å². The van der Waals surface area contributed by atoms with Gasteiger partial charge in [-0.25, -0.2) is 0 Å². The molecule has 0 radical (unpaired) electrons. The summed E-state index contributed by atoms with van der Waals surface area (Å²) in [5, 5.41) is 21.8. The second-order valence-electron chi connectivity index (χ2n) is 5.83. The molecule has 0 aromatic heterocycles. The zero-order valence-corrected chi connectivity index (χ0v) is 13.1. The molecule has 0 fully saturated rings. The van der Waals surface area contributed by atoms with Crippen LogP contribution in [0.1, 0.15) is 39.7 Å². The molecule has 1 rings (SSSR count). The van der Waals surface area contributed by atoms with Crippen LogP contribution in [0, 0.1) is 0 Å². The van der Waals surface area contributed by atoms with Crippen molar-refractivity contribution in [3.63, 3.8) is 0 Å². The number of aliphatic hydroxyl groups is 1. The molecule has 0 amide bonds. The molecule has 0 saturated carbocycles. The van der Waals surface area contributed by atoms with Gasteiger partial charge in [0.15, 0.2) is 0 Å². The van der Waals surface area contributed by atoms with E-state index in [1.165, 1.54) is 0 Å². The van der Waals surface area contributed by atoms with Gasteiger partial charge in [0.25, 0.3) is 0 Å². The zero-order chi connectivity index (χ0) is 16.0. The molecule has 5 nitrogen and oxygen atoms in total. The molecular formula is C16H25NO4. The van der Waals surface area contributed by atoms with Crippen molar-refractivity contribution in [2.45, 2.75) is 58.4 Å². The first kappa shape index (κ1) is 17.5. The maximum absolute atomic E-state index is 11.5. The number of aliphatic hydroxyl groups excluding tert-OH is 1. The maximum atomic E-state index is 11.5. The lowest BCUT2D eigenvalue weighted by Gasteiger charge is -2.31. The standard InChI is InChI=1S/C16H25NO4/c1-11(2)17-16(4,15(19)20)9-12(3)21-14-8-6-5-7-13(14)10-18/h5-8,11-12,17-18H,9-10H2,1-4H3,(H,19,20). The van der Waals surface area contributed by atoms with Gasteiger partial charge < -0.3 is 14.9 Å². The Bertz CT molecular complexity index is 475. The van der Waals surface area contributed by atoms with Crippen molar-refractivity contribution >= 4 is 5.97 Å². The van der Waals surface area contributed by atoms with Crippen molar-refractivity contribution in [3.8, 4) is 5.75 Å². The Labute approximate surface area is 125 Å². The highest BCUT2D eigenvalue weighted by Gasteiger charge is 2.35. The molecule has 0 saturated heterocycles.